The number of aromatic amines is 1. The van der Waals surface area contributed by atoms with E-state index in [0.29, 0.717) is 5.56 Å². The van der Waals surface area contributed by atoms with Crippen LogP contribution in [0, 0.1) is 5.82 Å². The zero-order chi connectivity index (χ0) is 21.1. The van der Waals surface area contributed by atoms with E-state index in [1.807, 2.05) is 24.3 Å². The van der Waals surface area contributed by atoms with Gasteiger partial charge in [0.2, 0.25) is 0 Å². The molecule has 5 N–H and O–H groups in total. The molecule has 1 fully saturated rings. The van der Waals surface area contributed by atoms with Crippen LogP contribution in [-0.2, 0) is 0 Å². The summed E-state index contributed by atoms with van der Waals surface area (Å²) in [6.07, 6.45) is 7.20. The van der Waals surface area contributed by atoms with E-state index in [-0.39, 0.29) is 11.9 Å². The number of anilines is 1. The fraction of sp³-hybridized carbons (Fsp3) is 0.217. The molecule has 154 valence electrons. The molecule has 6 nitrogen and oxygen atoms in total. The Kier molecular flexibility index (Phi) is 5.63. The average molecular weight is 405 g/mol. The van der Waals surface area contributed by atoms with Crippen molar-refractivity contribution in [1.29, 1.82) is 0 Å². The lowest BCUT2D eigenvalue weighted by molar-refractivity contribution is 0.100. The normalized spacial score (nSPS) is 15.1. The van der Waals surface area contributed by atoms with E-state index < -0.39 is 5.91 Å². The highest BCUT2D eigenvalue weighted by atomic mass is 19.1. The lowest BCUT2D eigenvalue weighted by Gasteiger charge is -2.31. The molecule has 0 aliphatic carbocycles. The monoisotopic (exact) mass is 405 g/mol. The molecule has 7 heteroatoms. The Balaban J connectivity index is 1.61. The Morgan fingerprint density at radius 1 is 1.13 bits per heavy atom. The third-order valence-corrected chi connectivity index (χ3v) is 5.33. The fourth-order valence-corrected chi connectivity index (χ4v) is 3.62. The number of nitrogens with zero attached hydrogens (tertiary/aromatic N) is 2. The molecule has 0 unspecified atom stereocenters. The van der Waals surface area contributed by atoms with Crippen LogP contribution in [0.15, 0.2) is 48.7 Å². The Hall–Kier alpha value is -3.45. The Morgan fingerprint density at radius 2 is 1.87 bits per heavy atom. The number of rotatable bonds is 5. The minimum Gasteiger partial charge on any atom is -0.365 e. The summed E-state index contributed by atoms with van der Waals surface area (Å²) >= 11 is 0. The van der Waals surface area contributed by atoms with Crippen molar-refractivity contribution in [2.24, 2.45) is 11.5 Å². The smallest absolute Gasteiger partial charge is 0.252 e. The number of hydrogen-bond donors (Lipinski definition) is 3. The number of primary amides is 1. The molecule has 2 aromatic heterocycles. The predicted molar refractivity (Wildman–Crippen MR) is 117 cm³/mol. The molecule has 0 saturated carbocycles. The number of benzene rings is 1. The maximum atomic E-state index is 13.1. The van der Waals surface area contributed by atoms with Gasteiger partial charge in [0, 0.05) is 36.6 Å². The zero-order valence-electron chi connectivity index (χ0n) is 16.5. The molecule has 0 spiro atoms. The van der Waals surface area contributed by atoms with Crippen molar-refractivity contribution in [3.8, 4) is 11.3 Å². The van der Waals surface area contributed by atoms with Gasteiger partial charge in [0.05, 0.1) is 11.3 Å². The lowest BCUT2D eigenvalue weighted by Crippen LogP contribution is -2.40. The Labute approximate surface area is 174 Å². The number of piperidine rings is 1. The van der Waals surface area contributed by atoms with Crippen LogP contribution in [0.1, 0.15) is 34.5 Å². The van der Waals surface area contributed by atoms with Crippen LogP contribution in [-0.4, -0.2) is 35.0 Å². The van der Waals surface area contributed by atoms with Crippen molar-refractivity contribution < 1.29 is 9.18 Å². The van der Waals surface area contributed by atoms with Gasteiger partial charge in [-0.2, -0.15) is 0 Å². The molecule has 1 saturated heterocycles. The number of hydrogen-bond acceptors (Lipinski definition) is 4. The first-order valence-corrected chi connectivity index (χ1v) is 9.93. The molecule has 1 aliphatic heterocycles. The highest BCUT2D eigenvalue weighted by molar-refractivity contribution is 5.99. The van der Waals surface area contributed by atoms with E-state index in [0.717, 1.165) is 54.3 Å². The molecule has 1 amide bonds. The number of aromatic nitrogens is 2. The maximum absolute atomic E-state index is 13.1. The molecule has 30 heavy (non-hydrogen) atoms. The predicted octanol–water partition coefficient (Wildman–Crippen LogP) is 3.41. The van der Waals surface area contributed by atoms with Gasteiger partial charge in [0.25, 0.3) is 5.91 Å². The van der Waals surface area contributed by atoms with Gasteiger partial charge in [-0.3, -0.25) is 9.78 Å². The summed E-state index contributed by atoms with van der Waals surface area (Å²) in [5, 5.41) is 0. The van der Waals surface area contributed by atoms with E-state index in [1.54, 1.807) is 24.4 Å². The molecule has 1 aromatic carbocycles. The highest BCUT2D eigenvalue weighted by Gasteiger charge is 2.23. The molecule has 3 heterocycles. The van der Waals surface area contributed by atoms with Crippen molar-refractivity contribution in [3.05, 3.63) is 71.3 Å². The van der Waals surface area contributed by atoms with E-state index >= 15 is 0 Å². The Bertz CT molecular complexity index is 1070. The second-order valence-corrected chi connectivity index (χ2v) is 7.49. The summed E-state index contributed by atoms with van der Waals surface area (Å²) in [6.45, 7) is 1.56. The molecular formula is C23H24FN5O. The number of carbonyl (C=O) groups is 1. The number of amides is 1. The summed E-state index contributed by atoms with van der Waals surface area (Å²) in [6, 6.07) is 12.0. The number of carbonyl (C=O) groups excluding carboxylic acids is 1. The summed E-state index contributed by atoms with van der Waals surface area (Å²) < 4.78 is 13.1. The van der Waals surface area contributed by atoms with Gasteiger partial charge in [-0.1, -0.05) is 18.2 Å². The van der Waals surface area contributed by atoms with E-state index in [2.05, 4.69) is 14.9 Å². The maximum Gasteiger partial charge on any atom is 0.252 e. The van der Waals surface area contributed by atoms with Crippen LogP contribution in [0.25, 0.3) is 23.4 Å². The number of halogens is 1. The minimum absolute atomic E-state index is 0.198. The zero-order valence-corrected chi connectivity index (χ0v) is 16.5. The van der Waals surface area contributed by atoms with Gasteiger partial charge in [0.15, 0.2) is 0 Å². The third-order valence-electron chi connectivity index (χ3n) is 5.33. The molecular weight excluding hydrogens is 381 g/mol. The number of nitrogens with one attached hydrogen (secondary N) is 1. The SMILES string of the molecule is NC(=O)c1cc(-c2ccnc(C=Cc3ccc(F)cc3)c2)[nH]c1N1CCC(N)CC1. The number of H-pyrrole nitrogens is 1. The standard InChI is InChI=1S/C23H24FN5O/c24-17-4-1-15(2-5-17)3-6-19-13-16(7-10-27-19)21-14-20(22(26)30)23(28-21)29-11-8-18(25)9-12-29/h1-7,10,13-14,18,28H,8-9,11-12,25H2,(H2,26,30). The second kappa shape index (κ2) is 8.51. The van der Waals surface area contributed by atoms with Gasteiger partial charge in [-0.25, -0.2) is 4.39 Å². The van der Waals surface area contributed by atoms with E-state index in [4.69, 9.17) is 11.5 Å². The summed E-state index contributed by atoms with van der Waals surface area (Å²) in [5.74, 6) is 0.00763. The summed E-state index contributed by atoms with van der Waals surface area (Å²) in [7, 11) is 0. The van der Waals surface area contributed by atoms with E-state index in [1.165, 1.54) is 12.1 Å². The molecule has 0 radical (unpaired) electrons. The van der Waals surface area contributed by atoms with Gasteiger partial charge >= 0.3 is 0 Å². The quantitative estimate of drug-likeness (QED) is 0.605. The van der Waals surface area contributed by atoms with Crippen LogP contribution in [0.3, 0.4) is 0 Å². The third kappa shape index (κ3) is 4.41. The van der Waals surface area contributed by atoms with Crippen LogP contribution >= 0.6 is 0 Å². The van der Waals surface area contributed by atoms with Crippen molar-refractivity contribution in [1.82, 2.24) is 9.97 Å². The topological polar surface area (TPSA) is 101 Å². The van der Waals surface area contributed by atoms with Crippen molar-refractivity contribution in [2.45, 2.75) is 18.9 Å². The molecule has 0 atom stereocenters. The fourth-order valence-electron chi connectivity index (χ4n) is 3.62. The van der Waals surface area contributed by atoms with Gasteiger partial charge in [-0.15, -0.1) is 0 Å². The molecule has 3 aromatic rings. The van der Waals surface area contributed by atoms with Crippen LogP contribution in [0.5, 0.6) is 0 Å². The van der Waals surface area contributed by atoms with Crippen LogP contribution < -0.4 is 16.4 Å². The first-order chi connectivity index (χ1) is 14.5. The Morgan fingerprint density at radius 3 is 2.57 bits per heavy atom. The first-order valence-electron chi connectivity index (χ1n) is 9.93. The highest BCUT2D eigenvalue weighted by Crippen LogP contribution is 2.29. The van der Waals surface area contributed by atoms with Gasteiger partial charge < -0.3 is 21.4 Å². The van der Waals surface area contributed by atoms with Crippen molar-refractivity contribution in [2.75, 3.05) is 18.0 Å². The first kappa shape index (κ1) is 19.8. The summed E-state index contributed by atoms with van der Waals surface area (Å²) in [4.78, 5) is 21.9. The van der Waals surface area contributed by atoms with Gasteiger partial charge in [-0.05, 0) is 54.8 Å². The average Bonchev–Trinajstić information content (AvgIpc) is 3.20. The van der Waals surface area contributed by atoms with Gasteiger partial charge in [0.1, 0.15) is 11.6 Å². The van der Waals surface area contributed by atoms with E-state index in [9.17, 15) is 9.18 Å². The van der Waals surface area contributed by atoms with Crippen molar-refractivity contribution in [3.63, 3.8) is 0 Å². The lowest BCUT2D eigenvalue weighted by atomic mass is 10.1. The van der Waals surface area contributed by atoms with Crippen molar-refractivity contribution >= 4 is 23.9 Å². The second-order valence-electron chi connectivity index (χ2n) is 7.49. The minimum atomic E-state index is -0.465. The molecule has 4 rings (SSSR count). The van der Waals surface area contributed by atoms with Crippen LogP contribution in [0.4, 0.5) is 10.2 Å². The molecule has 1 aliphatic rings. The van der Waals surface area contributed by atoms with Crippen LogP contribution in [0.2, 0.25) is 0 Å². The number of pyridine rings is 1. The molecule has 0 bridgehead atoms. The number of nitrogens with two attached hydrogens (primary N) is 2. The largest absolute Gasteiger partial charge is 0.365 e. The summed E-state index contributed by atoms with van der Waals surface area (Å²) in [5.41, 5.74) is 15.4.